The number of nitrogens with one attached hydrogen (secondary N) is 2. The van der Waals surface area contributed by atoms with Gasteiger partial charge in [-0.2, -0.15) is 0 Å². The average Bonchev–Trinajstić information content (AvgIpc) is 2.63. The van der Waals surface area contributed by atoms with Crippen LogP contribution in [0.5, 0.6) is 0 Å². The first kappa shape index (κ1) is 12.6. The van der Waals surface area contributed by atoms with Gasteiger partial charge in [0.25, 0.3) is 0 Å². The van der Waals surface area contributed by atoms with E-state index in [1.165, 1.54) is 5.56 Å². The average molecular weight is 260 g/mol. The maximum atomic E-state index is 8.15. The zero-order chi connectivity index (χ0) is 13.7. The second kappa shape index (κ2) is 4.05. The number of fused-ring (bicyclic) bond motifs is 2. The molecule has 2 heterocycles. The Hall–Kier alpha value is -1.39. The van der Waals surface area contributed by atoms with E-state index in [0.29, 0.717) is 12.4 Å². The SMILES string of the molecule is CC(C)(C)c1cccc2c1C1(CCCOO1)NC2=N. The summed E-state index contributed by atoms with van der Waals surface area (Å²) in [6, 6.07) is 6.11. The summed E-state index contributed by atoms with van der Waals surface area (Å²) in [5.74, 6) is 0.423. The Kier molecular flexibility index (Phi) is 2.69. The minimum Gasteiger partial charge on any atom is -0.336 e. The lowest BCUT2D eigenvalue weighted by atomic mass is 9.79. The molecule has 1 aromatic rings. The van der Waals surface area contributed by atoms with Crippen LogP contribution in [0.15, 0.2) is 18.2 Å². The third-order valence-corrected chi connectivity index (χ3v) is 3.83. The zero-order valence-electron chi connectivity index (χ0n) is 11.7. The van der Waals surface area contributed by atoms with Crippen LogP contribution in [-0.2, 0) is 20.9 Å². The van der Waals surface area contributed by atoms with Gasteiger partial charge in [-0.3, -0.25) is 5.41 Å². The maximum absolute atomic E-state index is 8.15. The van der Waals surface area contributed by atoms with Crippen LogP contribution in [0.1, 0.15) is 50.3 Å². The van der Waals surface area contributed by atoms with Gasteiger partial charge in [0.15, 0.2) is 0 Å². The number of rotatable bonds is 0. The van der Waals surface area contributed by atoms with Gasteiger partial charge in [-0.25, -0.2) is 9.78 Å². The molecule has 1 fully saturated rings. The fraction of sp³-hybridized carbons (Fsp3) is 0.533. The summed E-state index contributed by atoms with van der Waals surface area (Å²) in [4.78, 5) is 10.8. The van der Waals surface area contributed by atoms with Crippen molar-refractivity contribution in [3.63, 3.8) is 0 Å². The van der Waals surface area contributed by atoms with E-state index in [2.05, 4.69) is 32.2 Å². The summed E-state index contributed by atoms with van der Waals surface area (Å²) in [7, 11) is 0. The van der Waals surface area contributed by atoms with Crippen molar-refractivity contribution in [2.75, 3.05) is 6.61 Å². The number of hydrogen-bond acceptors (Lipinski definition) is 3. The van der Waals surface area contributed by atoms with Crippen molar-refractivity contribution in [2.45, 2.75) is 44.8 Å². The van der Waals surface area contributed by atoms with Crippen molar-refractivity contribution in [1.82, 2.24) is 5.32 Å². The van der Waals surface area contributed by atoms with E-state index < -0.39 is 5.72 Å². The molecule has 4 nitrogen and oxygen atoms in total. The van der Waals surface area contributed by atoms with E-state index in [9.17, 15) is 0 Å². The van der Waals surface area contributed by atoms with E-state index in [1.807, 2.05) is 12.1 Å². The molecule has 102 valence electrons. The van der Waals surface area contributed by atoms with Crippen LogP contribution in [0.2, 0.25) is 0 Å². The van der Waals surface area contributed by atoms with Gasteiger partial charge in [0.1, 0.15) is 5.84 Å². The van der Waals surface area contributed by atoms with Gasteiger partial charge < -0.3 is 5.32 Å². The van der Waals surface area contributed by atoms with Gasteiger partial charge >= 0.3 is 0 Å². The molecule has 0 aromatic heterocycles. The minimum atomic E-state index is -0.672. The highest BCUT2D eigenvalue weighted by molar-refractivity contribution is 6.02. The molecule has 1 spiro atoms. The standard InChI is InChI=1S/C15H20N2O2/c1-14(2,3)11-7-4-6-10-12(11)15(17-13(10)16)8-5-9-18-19-15/h4,6-7H,5,8-9H2,1-3H3,(H2,16,17). The minimum absolute atomic E-state index is 0.00541. The Balaban J connectivity index is 2.21. The van der Waals surface area contributed by atoms with E-state index >= 15 is 0 Å². The highest BCUT2D eigenvalue weighted by Gasteiger charge is 2.47. The molecule has 0 amide bonds. The Morgan fingerprint density at radius 1 is 1.32 bits per heavy atom. The van der Waals surface area contributed by atoms with Gasteiger partial charge in [-0.15, -0.1) is 0 Å². The molecule has 3 rings (SSSR count). The van der Waals surface area contributed by atoms with E-state index in [0.717, 1.165) is 24.0 Å². The third-order valence-electron chi connectivity index (χ3n) is 3.83. The Morgan fingerprint density at radius 2 is 2.11 bits per heavy atom. The fourth-order valence-corrected chi connectivity index (χ4v) is 2.97. The van der Waals surface area contributed by atoms with Crippen LogP contribution >= 0.6 is 0 Å². The molecule has 0 saturated carbocycles. The van der Waals surface area contributed by atoms with Crippen molar-refractivity contribution >= 4 is 5.84 Å². The van der Waals surface area contributed by atoms with Gasteiger partial charge in [-0.05, 0) is 17.4 Å². The predicted molar refractivity (Wildman–Crippen MR) is 73.1 cm³/mol. The van der Waals surface area contributed by atoms with Crippen molar-refractivity contribution in [1.29, 1.82) is 5.41 Å². The van der Waals surface area contributed by atoms with Crippen molar-refractivity contribution in [3.05, 3.63) is 34.9 Å². The second-order valence-electron chi connectivity index (χ2n) is 6.31. The summed E-state index contributed by atoms with van der Waals surface area (Å²) >= 11 is 0. The van der Waals surface area contributed by atoms with Gasteiger partial charge in [0.2, 0.25) is 5.72 Å². The van der Waals surface area contributed by atoms with Gasteiger partial charge in [0, 0.05) is 17.5 Å². The van der Waals surface area contributed by atoms with Crippen molar-refractivity contribution in [2.24, 2.45) is 0 Å². The lowest BCUT2D eigenvalue weighted by molar-refractivity contribution is -0.393. The molecule has 0 bridgehead atoms. The molecule has 0 aliphatic carbocycles. The normalized spacial score (nSPS) is 26.4. The van der Waals surface area contributed by atoms with Gasteiger partial charge in [0.05, 0.1) is 6.61 Å². The highest BCUT2D eigenvalue weighted by Crippen LogP contribution is 2.43. The zero-order valence-corrected chi connectivity index (χ0v) is 11.7. The Bertz CT molecular complexity index is 525. The first-order valence-electron chi connectivity index (χ1n) is 6.76. The fourth-order valence-electron chi connectivity index (χ4n) is 2.97. The van der Waals surface area contributed by atoms with Crippen LogP contribution in [-0.4, -0.2) is 12.4 Å². The molecular weight excluding hydrogens is 240 g/mol. The molecule has 1 unspecified atom stereocenters. The van der Waals surface area contributed by atoms with E-state index in [4.69, 9.17) is 15.2 Å². The summed E-state index contributed by atoms with van der Waals surface area (Å²) in [6.45, 7) is 7.16. The molecule has 2 N–H and O–H groups in total. The molecule has 2 aliphatic rings. The second-order valence-corrected chi connectivity index (χ2v) is 6.31. The quantitative estimate of drug-likeness (QED) is 0.705. The predicted octanol–water partition coefficient (Wildman–Crippen LogP) is 2.81. The molecular formula is C15H20N2O2. The van der Waals surface area contributed by atoms with Crippen LogP contribution in [0, 0.1) is 5.41 Å². The Morgan fingerprint density at radius 3 is 2.74 bits per heavy atom. The summed E-state index contributed by atoms with van der Waals surface area (Å²) in [5.41, 5.74) is 2.55. The molecule has 0 radical (unpaired) electrons. The number of hydrogen-bond donors (Lipinski definition) is 2. The maximum Gasteiger partial charge on any atom is 0.201 e. The van der Waals surface area contributed by atoms with Crippen LogP contribution < -0.4 is 5.32 Å². The highest BCUT2D eigenvalue weighted by atomic mass is 17.2. The van der Waals surface area contributed by atoms with Crippen molar-refractivity contribution in [3.8, 4) is 0 Å². The third kappa shape index (κ3) is 1.86. The number of amidine groups is 1. The summed E-state index contributed by atoms with van der Waals surface area (Å²) in [5, 5.41) is 11.3. The van der Waals surface area contributed by atoms with Gasteiger partial charge in [-0.1, -0.05) is 39.0 Å². The molecule has 1 saturated heterocycles. The van der Waals surface area contributed by atoms with Crippen LogP contribution in [0.4, 0.5) is 0 Å². The van der Waals surface area contributed by atoms with E-state index in [1.54, 1.807) is 0 Å². The topological polar surface area (TPSA) is 54.3 Å². The van der Waals surface area contributed by atoms with Crippen LogP contribution in [0.3, 0.4) is 0 Å². The number of benzene rings is 1. The molecule has 1 aromatic carbocycles. The van der Waals surface area contributed by atoms with E-state index in [-0.39, 0.29) is 5.41 Å². The van der Waals surface area contributed by atoms with Crippen molar-refractivity contribution < 1.29 is 9.78 Å². The lowest BCUT2D eigenvalue weighted by Gasteiger charge is -2.36. The molecule has 19 heavy (non-hydrogen) atoms. The largest absolute Gasteiger partial charge is 0.336 e. The molecule has 4 heteroatoms. The lowest BCUT2D eigenvalue weighted by Crippen LogP contribution is -2.45. The smallest absolute Gasteiger partial charge is 0.201 e. The summed E-state index contributed by atoms with van der Waals surface area (Å²) in [6.07, 6.45) is 1.76. The Labute approximate surface area is 113 Å². The summed E-state index contributed by atoms with van der Waals surface area (Å²) < 4.78 is 0. The first-order chi connectivity index (χ1) is 8.94. The monoisotopic (exact) mass is 260 g/mol. The first-order valence-corrected chi connectivity index (χ1v) is 6.76. The molecule has 1 atom stereocenters. The molecule has 2 aliphatic heterocycles. The van der Waals surface area contributed by atoms with Crippen LogP contribution in [0.25, 0.3) is 0 Å².